The summed E-state index contributed by atoms with van der Waals surface area (Å²) in [7, 11) is 0. The molecule has 2 saturated carbocycles. The molecule has 0 radical (unpaired) electrons. The number of carbonyl (C=O) groups excluding carboxylic acids is 2. The van der Waals surface area contributed by atoms with Gasteiger partial charge in [0, 0.05) is 12.0 Å². The first-order valence-corrected chi connectivity index (χ1v) is 11.0. The highest BCUT2D eigenvalue weighted by atomic mass is 32.1. The van der Waals surface area contributed by atoms with Crippen molar-refractivity contribution in [3.05, 3.63) is 65.2 Å². The molecule has 1 atom stereocenters. The molecule has 1 unspecified atom stereocenters. The quantitative estimate of drug-likeness (QED) is 0.375. The molecular weight excluding hydrogens is 392 g/mol. The monoisotopic (exact) mass is 424 g/mol. The summed E-state index contributed by atoms with van der Waals surface area (Å²) in [6.45, 7) is 2.01. The minimum absolute atomic E-state index is 0. The van der Waals surface area contributed by atoms with Gasteiger partial charge < -0.3 is 4.74 Å². The molecule has 2 aromatic carbocycles. The van der Waals surface area contributed by atoms with E-state index in [-0.39, 0.29) is 31.2 Å². The third kappa shape index (κ3) is 5.75. The van der Waals surface area contributed by atoms with Gasteiger partial charge in [0.15, 0.2) is 5.78 Å². The van der Waals surface area contributed by atoms with Crippen molar-refractivity contribution in [2.24, 2.45) is 11.8 Å². The van der Waals surface area contributed by atoms with Crippen LogP contribution in [0, 0.1) is 18.8 Å². The topological polar surface area (TPSA) is 43.4 Å². The smallest absolute Gasteiger partial charge is 0.173 e. The largest absolute Gasteiger partial charge is 0.490 e. The molecule has 3 nitrogen and oxygen atoms in total. The maximum atomic E-state index is 13.4. The number of hydrogen-bond acceptors (Lipinski definition) is 3. The lowest BCUT2D eigenvalue weighted by Gasteiger charge is -2.18. The summed E-state index contributed by atoms with van der Waals surface area (Å²) < 4.78 is 6.19. The van der Waals surface area contributed by atoms with Crippen LogP contribution in [0.15, 0.2) is 48.5 Å². The minimum Gasteiger partial charge on any atom is -0.490 e. The summed E-state index contributed by atoms with van der Waals surface area (Å²) in [6, 6.07) is 15.5. The number of ketones is 2. The Kier molecular flexibility index (Phi) is 7.76. The zero-order chi connectivity index (χ0) is 20.2. The number of rotatable bonds is 9. The Labute approximate surface area is 186 Å². The maximum absolute atomic E-state index is 13.4. The fourth-order valence-corrected chi connectivity index (χ4v) is 4.22. The first kappa shape index (κ1) is 22.6. The molecule has 0 aliphatic heterocycles. The van der Waals surface area contributed by atoms with Crippen LogP contribution >= 0.6 is 13.5 Å². The fourth-order valence-electron chi connectivity index (χ4n) is 4.22. The summed E-state index contributed by atoms with van der Waals surface area (Å²) >= 11 is 0. The third-order valence-corrected chi connectivity index (χ3v) is 6.24. The summed E-state index contributed by atoms with van der Waals surface area (Å²) in [5.41, 5.74) is 2.66. The second kappa shape index (κ2) is 10.3. The zero-order valence-electron chi connectivity index (χ0n) is 17.7. The molecule has 30 heavy (non-hydrogen) atoms. The molecule has 4 rings (SSSR count). The SMILES string of the molecule is Cc1ccc(C(=O)C(Cc2ccccc2)C(=O)CC2CC2)cc1OC1CCCC1.S. The van der Waals surface area contributed by atoms with E-state index in [1.54, 1.807) is 0 Å². The Morgan fingerprint density at radius 1 is 1.00 bits per heavy atom. The summed E-state index contributed by atoms with van der Waals surface area (Å²) in [5.74, 6) is 0.666. The van der Waals surface area contributed by atoms with Gasteiger partial charge in [-0.1, -0.05) is 42.5 Å². The number of carbonyl (C=O) groups is 2. The van der Waals surface area contributed by atoms with Crippen LogP contribution < -0.4 is 4.74 Å². The lowest BCUT2D eigenvalue weighted by molar-refractivity contribution is -0.121. The van der Waals surface area contributed by atoms with E-state index in [4.69, 9.17) is 4.74 Å². The minimum atomic E-state index is -0.611. The van der Waals surface area contributed by atoms with Gasteiger partial charge in [-0.05, 0) is 75.0 Å². The van der Waals surface area contributed by atoms with Gasteiger partial charge in [-0.25, -0.2) is 0 Å². The third-order valence-electron chi connectivity index (χ3n) is 6.24. The highest BCUT2D eigenvalue weighted by molar-refractivity contribution is 7.59. The summed E-state index contributed by atoms with van der Waals surface area (Å²) in [6.07, 6.45) is 8.04. The van der Waals surface area contributed by atoms with E-state index < -0.39 is 5.92 Å². The maximum Gasteiger partial charge on any atom is 0.173 e. The molecule has 2 aliphatic rings. The van der Waals surface area contributed by atoms with Gasteiger partial charge in [-0.2, -0.15) is 13.5 Å². The van der Waals surface area contributed by atoms with Gasteiger partial charge in [0.2, 0.25) is 0 Å². The molecule has 0 bridgehead atoms. The highest BCUT2D eigenvalue weighted by Crippen LogP contribution is 2.35. The van der Waals surface area contributed by atoms with E-state index in [2.05, 4.69) is 0 Å². The van der Waals surface area contributed by atoms with Gasteiger partial charge in [0.25, 0.3) is 0 Å². The molecule has 2 fully saturated rings. The normalized spacial score (nSPS) is 17.2. The van der Waals surface area contributed by atoms with Crippen molar-refractivity contribution in [3.63, 3.8) is 0 Å². The molecule has 0 amide bonds. The molecule has 0 saturated heterocycles. The van der Waals surface area contributed by atoms with E-state index >= 15 is 0 Å². The first-order valence-electron chi connectivity index (χ1n) is 11.0. The molecule has 0 spiro atoms. The molecule has 0 N–H and O–H groups in total. The van der Waals surface area contributed by atoms with Crippen LogP contribution in [-0.4, -0.2) is 17.7 Å². The second-order valence-electron chi connectivity index (χ2n) is 8.72. The van der Waals surface area contributed by atoms with Crippen molar-refractivity contribution in [1.29, 1.82) is 0 Å². The Bertz CT molecular complexity index is 867. The number of benzene rings is 2. The van der Waals surface area contributed by atoms with E-state index in [0.29, 0.717) is 24.3 Å². The van der Waals surface area contributed by atoms with Crippen molar-refractivity contribution in [3.8, 4) is 5.75 Å². The molecule has 0 aromatic heterocycles. The number of aryl methyl sites for hydroxylation is 1. The van der Waals surface area contributed by atoms with Gasteiger partial charge >= 0.3 is 0 Å². The Balaban J connectivity index is 0.00000256. The second-order valence-corrected chi connectivity index (χ2v) is 8.72. The predicted octanol–water partition coefficient (Wildman–Crippen LogP) is 5.84. The fraction of sp³-hybridized carbons (Fsp3) is 0.462. The van der Waals surface area contributed by atoms with Crippen LogP contribution in [0.4, 0.5) is 0 Å². The van der Waals surface area contributed by atoms with Crippen LogP contribution in [0.5, 0.6) is 5.75 Å². The van der Waals surface area contributed by atoms with Crippen LogP contribution in [0.2, 0.25) is 0 Å². The summed E-state index contributed by atoms with van der Waals surface area (Å²) in [5, 5.41) is 0. The van der Waals surface area contributed by atoms with E-state index in [1.165, 1.54) is 12.8 Å². The number of ether oxygens (including phenoxy) is 1. The summed E-state index contributed by atoms with van der Waals surface area (Å²) in [4.78, 5) is 26.4. The van der Waals surface area contributed by atoms with Crippen molar-refractivity contribution in [2.75, 3.05) is 0 Å². The van der Waals surface area contributed by atoms with Crippen molar-refractivity contribution < 1.29 is 14.3 Å². The van der Waals surface area contributed by atoms with E-state index in [9.17, 15) is 9.59 Å². The Morgan fingerprint density at radius 3 is 2.37 bits per heavy atom. The van der Waals surface area contributed by atoms with Gasteiger partial charge in [-0.15, -0.1) is 0 Å². The molecule has 0 heterocycles. The average molecular weight is 425 g/mol. The van der Waals surface area contributed by atoms with Crippen molar-refractivity contribution >= 4 is 25.1 Å². The number of hydrogen-bond donors (Lipinski definition) is 0. The number of Topliss-reactive ketones (excluding diaryl/α,β-unsaturated/α-hetero) is 2. The lowest BCUT2D eigenvalue weighted by atomic mass is 9.85. The van der Waals surface area contributed by atoms with Crippen LogP contribution in [0.1, 0.15) is 66.4 Å². The van der Waals surface area contributed by atoms with Crippen LogP contribution in [0.25, 0.3) is 0 Å². The first-order chi connectivity index (χ1) is 14.1. The lowest BCUT2D eigenvalue weighted by Crippen LogP contribution is -2.27. The van der Waals surface area contributed by atoms with Crippen LogP contribution in [0.3, 0.4) is 0 Å². The van der Waals surface area contributed by atoms with Gasteiger partial charge in [-0.3, -0.25) is 9.59 Å². The standard InChI is InChI=1S/C26H30O3.H2S/c1-18-11-14-21(17-25(18)29-22-9-5-6-10-22)26(28)23(24(27)16-20-12-13-20)15-19-7-3-2-4-8-19;/h2-4,7-8,11,14,17,20,22-23H,5-6,9-10,12-13,15-16H2,1H3;1H2. The van der Waals surface area contributed by atoms with Crippen molar-refractivity contribution in [1.82, 2.24) is 0 Å². The zero-order valence-corrected chi connectivity index (χ0v) is 18.7. The molecule has 2 aliphatic carbocycles. The van der Waals surface area contributed by atoms with E-state index in [0.717, 1.165) is 42.6 Å². The molecule has 4 heteroatoms. The van der Waals surface area contributed by atoms with Crippen LogP contribution in [-0.2, 0) is 11.2 Å². The molecule has 2 aromatic rings. The molecular formula is C26H32O3S. The molecule has 160 valence electrons. The van der Waals surface area contributed by atoms with E-state index in [1.807, 2.05) is 55.5 Å². The average Bonchev–Trinajstić information content (AvgIpc) is 3.39. The van der Waals surface area contributed by atoms with Crippen molar-refractivity contribution in [2.45, 2.75) is 64.4 Å². The van der Waals surface area contributed by atoms with Gasteiger partial charge in [0.05, 0.1) is 12.0 Å². The van der Waals surface area contributed by atoms with Gasteiger partial charge in [0.1, 0.15) is 11.5 Å². The Morgan fingerprint density at radius 2 is 1.70 bits per heavy atom. The Hall–Kier alpha value is -2.07. The predicted molar refractivity (Wildman–Crippen MR) is 125 cm³/mol. The highest BCUT2D eigenvalue weighted by Gasteiger charge is 2.33.